The molecule has 1 aromatic rings. The molecule has 2 amide bonds. The molecule has 8 heteroatoms. The van der Waals surface area contributed by atoms with E-state index in [1.54, 1.807) is 0 Å². The van der Waals surface area contributed by atoms with E-state index in [4.69, 9.17) is 0 Å². The summed E-state index contributed by atoms with van der Waals surface area (Å²) in [5.41, 5.74) is 2.79. The number of urea groups is 1. The summed E-state index contributed by atoms with van der Waals surface area (Å²) in [4.78, 5) is 12.0. The number of nitrogens with zero attached hydrogens (tertiary/aromatic N) is 2. The predicted octanol–water partition coefficient (Wildman–Crippen LogP) is 3.44. The van der Waals surface area contributed by atoms with Crippen LogP contribution in [0.15, 0.2) is 0 Å². The Morgan fingerprint density at radius 3 is 2.62 bits per heavy atom. The minimum atomic E-state index is -4.18. The normalized spacial score (nSPS) is 21.6. The lowest BCUT2D eigenvalue weighted by molar-refractivity contribution is -0.183. The molecule has 0 bridgehead atoms. The van der Waals surface area contributed by atoms with Gasteiger partial charge in [0, 0.05) is 30.4 Å². The number of halogens is 3. The van der Waals surface area contributed by atoms with Gasteiger partial charge in [0.2, 0.25) is 0 Å². The number of alkyl halides is 3. The smallest absolute Gasteiger partial charge is 0.335 e. The van der Waals surface area contributed by atoms with E-state index >= 15 is 0 Å². The van der Waals surface area contributed by atoms with E-state index in [-0.39, 0.29) is 12.8 Å². The van der Waals surface area contributed by atoms with Crippen LogP contribution in [0.25, 0.3) is 0 Å². The van der Waals surface area contributed by atoms with Gasteiger partial charge in [-0.2, -0.15) is 18.3 Å². The molecule has 0 radical (unpaired) electrons. The van der Waals surface area contributed by atoms with Crippen molar-refractivity contribution in [3.8, 4) is 0 Å². The van der Waals surface area contributed by atoms with Crippen LogP contribution in [0.3, 0.4) is 0 Å². The van der Waals surface area contributed by atoms with Crippen molar-refractivity contribution in [3.05, 3.63) is 17.0 Å². The van der Waals surface area contributed by atoms with Crippen molar-refractivity contribution >= 4 is 6.03 Å². The Morgan fingerprint density at radius 1 is 1.33 bits per heavy atom. The number of aryl methyl sites for hydroxylation is 2. The Balaban J connectivity index is 1.86. The molecule has 0 aliphatic heterocycles. The summed E-state index contributed by atoms with van der Waals surface area (Å²) in [5.74, 6) is -1.32. The van der Waals surface area contributed by atoms with E-state index in [9.17, 15) is 18.0 Å². The zero-order valence-electron chi connectivity index (χ0n) is 14.3. The monoisotopic (exact) mass is 346 g/mol. The van der Waals surface area contributed by atoms with E-state index in [1.807, 2.05) is 25.5 Å². The summed E-state index contributed by atoms with van der Waals surface area (Å²) < 4.78 is 40.3. The highest BCUT2D eigenvalue weighted by atomic mass is 19.4. The molecule has 2 rings (SSSR count). The van der Waals surface area contributed by atoms with Gasteiger partial charge in [0.05, 0.1) is 11.6 Å². The highest BCUT2D eigenvalue weighted by Gasteiger charge is 2.42. The number of nitrogens with one attached hydrogen (secondary N) is 2. The van der Waals surface area contributed by atoms with Crippen LogP contribution in [0.5, 0.6) is 0 Å². The molecule has 0 aromatic carbocycles. The first-order chi connectivity index (χ1) is 11.2. The fraction of sp³-hybridized carbons (Fsp3) is 0.750. The molecular weight excluding hydrogens is 321 g/mol. The summed E-state index contributed by atoms with van der Waals surface area (Å²) in [7, 11) is 0. The largest absolute Gasteiger partial charge is 0.391 e. The van der Waals surface area contributed by atoms with E-state index in [0.717, 1.165) is 23.5 Å². The minimum absolute atomic E-state index is 0.0389. The number of hydrogen-bond acceptors (Lipinski definition) is 2. The van der Waals surface area contributed by atoms with Gasteiger partial charge in [0.25, 0.3) is 0 Å². The third-order valence-corrected chi connectivity index (χ3v) is 4.73. The van der Waals surface area contributed by atoms with Crippen LogP contribution in [0.2, 0.25) is 0 Å². The zero-order valence-corrected chi connectivity index (χ0v) is 14.3. The Morgan fingerprint density at radius 2 is 2.04 bits per heavy atom. The van der Waals surface area contributed by atoms with Crippen LogP contribution in [0.4, 0.5) is 18.0 Å². The molecule has 136 valence electrons. The zero-order chi connectivity index (χ0) is 17.9. The van der Waals surface area contributed by atoms with Crippen molar-refractivity contribution in [2.45, 2.75) is 71.8 Å². The second-order valence-corrected chi connectivity index (χ2v) is 6.39. The molecule has 1 saturated carbocycles. The number of hydrogen-bond donors (Lipinski definition) is 2. The lowest BCUT2D eigenvalue weighted by Gasteiger charge is -2.31. The predicted molar refractivity (Wildman–Crippen MR) is 84.5 cm³/mol. The lowest BCUT2D eigenvalue weighted by Crippen LogP contribution is -2.45. The molecule has 5 nitrogen and oxygen atoms in total. The summed E-state index contributed by atoms with van der Waals surface area (Å²) >= 11 is 0. The van der Waals surface area contributed by atoms with Gasteiger partial charge in [-0.05, 0) is 40.0 Å². The Labute approximate surface area is 140 Å². The number of carbonyl (C=O) groups excluding carboxylic acids is 1. The summed E-state index contributed by atoms with van der Waals surface area (Å²) in [6.45, 7) is 6.87. The van der Waals surface area contributed by atoms with E-state index < -0.39 is 24.2 Å². The standard InChI is InChI=1S/C16H25F3N4O/c1-4-23-11(3)14(10(2)22-23)9-20-15(24)21-13-7-5-6-12(8-13)16(17,18)19/h12-13H,4-9H2,1-3H3,(H2,20,21,24)/t12-,13+/m0/s1. The first kappa shape index (κ1) is 18.6. The van der Waals surface area contributed by atoms with Crippen LogP contribution < -0.4 is 10.6 Å². The van der Waals surface area contributed by atoms with Crippen LogP contribution in [0.1, 0.15) is 49.6 Å². The van der Waals surface area contributed by atoms with Crippen LogP contribution >= 0.6 is 0 Å². The van der Waals surface area contributed by atoms with Gasteiger partial charge in [-0.25, -0.2) is 4.79 Å². The van der Waals surface area contributed by atoms with Gasteiger partial charge in [0.1, 0.15) is 0 Å². The molecule has 2 atom stereocenters. The number of amides is 2. The molecule has 2 N–H and O–H groups in total. The first-order valence-electron chi connectivity index (χ1n) is 8.36. The highest BCUT2D eigenvalue weighted by molar-refractivity contribution is 5.74. The average Bonchev–Trinajstić information content (AvgIpc) is 2.78. The van der Waals surface area contributed by atoms with Gasteiger partial charge < -0.3 is 10.6 Å². The van der Waals surface area contributed by atoms with E-state index in [2.05, 4.69) is 15.7 Å². The number of carbonyl (C=O) groups is 1. The quantitative estimate of drug-likeness (QED) is 0.877. The molecule has 0 unspecified atom stereocenters. The van der Waals surface area contributed by atoms with Crippen molar-refractivity contribution < 1.29 is 18.0 Å². The molecule has 0 saturated heterocycles. The van der Waals surface area contributed by atoms with Crippen LogP contribution in [-0.4, -0.2) is 28.0 Å². The molecular formula is C16H25F3N4O. The fourth-order valence-electron chi connectivity index (χ4n) is 3.32. The van der Waals surface area contributed by atoms with Gasteiger partial charge in [0.15, 0.2) is 0 Å². The molecule has 1 fully saturated rings. The number of aromatic nitrogens is 2. The number of rotatable bonds is 4. The molecule has 0 spiro atoms. The lowest BCUT2D eigenvalue weighted by atomic mass is 9.85. The summed E-state index contributed by atoms with van der Waals surface area (Å²) in [5, 5.41) is 9.79. The Kier molecular flexibility index (Phi) is 5.77. The maximum atomic E-state index is 12.8. The minimum Gasteiger partial charge on any atom is -0.335 e. The summed E-state index contributed by atoms with van der Waals surface area (Å²) in [6, 6.07) is -0.850. The van der Waals surface area contributed by atoms with Gasteiger partial charge >= 0.3 is 12.2 Å². The van der Waals surface area contributed by atoms with Gasteiger partial charge in [-0.1, -0.05) is 6.42 Å². The van der Waals surface area contributed by atoms with E-state index in [1.165, 1.54) is 0 Å². The van der Waals surface area contributed by atoms with Crippen molar-refractivity contribution in [3.63, 3.8) is 0 Å². The third kappa shape index (κ3) is 4.42. The Bertz CT molecular complexity index is 583. The fourth-order valence-corrected chi connectivity index (χ4v) is 3.32. The van der Waals surface area contributed by atoms with Crippen LogP contribution in [0, 0.1) is 19.8 Å². The van der Waals surface area contributed by atoms with Crippen molar-refractivity contribution in [2.75, 3.05) is 0 Å². The van der Waals surface area contributed by atoms with Crippen molar-refractivity contribution in [1.82, 2.24) is 20.4 Å². The highest BCUT2D eigenvalue weighted by Crippen LogP contribution is 2.37. The molecule has 1 aliphatic carbocycles. The third-order valence-electron chi connectivity index (χ3n) is 4.73. The maximum absolute atomic E-state index is 12.8. The first-order valence-corrected chi connectivity index (χ1v) is 8.36. The van der Waals surface area contributed by atoms with Crippen molar-refractivity contribution in [2.24, 2.45) is 5.92 Å². The molecule has 24 heavy (non-hydrogen) atoms. The SMILES string of the molecule is CCn1nc(C)c(CNC(=O)N[C@@H]2CCC[C@H](C(F)(F)F)C2)c1C. The molecule has 1 aliphatic rings. The second kappa shape index (κ2) is 7.44. The maximum Gasteiger partial charge on any atom is 0.391 e. The van der Waals surface area contributed by atoms with Crippen molar-refractivity contribution in [1.29, 1.82) is 0 Å². The van der Waals surface area contributed by atoms with E-state index in [0.29, 0.717) is 19.4 Å². The molecule has 1 aromatic heterocycles. The van der Waals surface area contributed by atoms with Gasteiger partial charge in [-0.3, -0.25) is 4.68 Å². The molecule has 1 heterocycles. The second-order valence-electron chi connectivity index (χ2n) is 6.39. The van der Waals surface area contributed by atoms with Crippen LogP contribution in [-0.2, 0) is 13.1 Å². The summed E-state index contributed by atoms with van der Waals surface area (Å²) in [6.07, 6.45) is -3.00. The topological polar surface area (TPSA) is 59.0 Å². The van der Waals surface area contributed by atoms with Gasteiger partial charge in [-0.15, -0.1) is 0 Å². The average molecular weight is 346 g/mol. The Hall–Kier alpha value is -1.73.